The van der Waals surface area contributed by atoms with E-state index in [2.05, 4.69) is 39.1 Å². The normalized spacial score (nSPS) is 16.2. The van der Waals surface area contributed by atoms with Crippen LogP contribution in [0.25, 0.3) is 0 Å². The molecule has 0 radical (unpaired) electrons. The largest absolute Gasteiger partial charge is 0.382 e. The minimum atomic E-state index is 0.481. The summed E-state index contributed by atoms with van der Waals surface area (Å²) in [6.45, 7) is 6.06. The summed E-state index contributed by atoms with van der Waals surface area (Å²) in [6, 6.07) is 1.93. The average molecular weight is 301 g/mol. The lowest BCUT2D eigenvalue weighted by atomic mass is 9.94. The Hall–Kier alpha value is -2.18. The maximum atomic E-state index is 5.68. The van der Waals surface area contributed by atoms with Crippen LogP contribution in [0.2, 0.25) is 0 Å². The van der Waals surface area contributed by atoms with Gasteiger partial charge in [0.25, 0.3) is 0 Å². The van der Waals surface area contributed by atoms with Gasteiger partial charge >= 0.3 is 0 Å². The smallest absolute Gasteiger partial charge is 0.245 e. The number of hydrogen-bond acceptors (Lipinski definition) is 6. The fourth-order valence-electron chi connectivity index (χ4n) is 3.01. The van der Waals surface area contributed by atoms with Crippen molar-refractivity contribution < 1.29 is 0 Å². The molecule has 2 aromatic heterocycles. The highest BCUT2D eigenvalue weighted by molar-refractivity contribution is 5.34. The highest BCUT2D eigenvalue weighted by Gasteiger charge is 2.24. The van der Waals surface area contributed by atoms with Crippen LogP contribution in [0.3, 0.4) is 0 Å². The Bertz CT molecular complexity index is 629. The zero-order valence-electron chi connectivity index (χ0n) is 13.2. The van der Waals surface area contributed by atoms with E-state index in [0.29, 0.717) is 11.7 Å². The molecule has 0 saturated carbocycles. The molecule has 7 nitrogen and oxygen atoms in total. The molecular formula is C15H23N7. The van der Waals surface area contributed by atoms with E-state index in [1.165, 1.54) is 0 Å². The molecule has 22 heavy (non-hydrogen) atoms. The van der Waals surface area contributed by atoms with E-state index in [1.54, 1.807) is 0 Å². The van der Waals surface area contributed by atoms with E-state index < -0.39 is 0 Å². The zero-order valence-corrected chi connectivity index (χ0v) is 13.2. The number of hydrogen-bond donors (Lipinski definition) is 2. The van der Waals surface area contributed by atoms with Gasteiger partial charge < -0.3 is 10.6 Å². The maximum absolute atomic E-state index is 5.68. The van der Waals surface area contributed by atoms with Gasteiger partial charge in [-0.2, -0.15) is 10.2 Å². The monoisotopic (exact) mass is 301 g/mol. The molecule has 1 fully saturated rings. The summed E-state index contributed by atoms with van der Waals surface area (Å²) in [5, 5.41) is 15.7. The van der Waals surface area contributed by atoms with Crippen LogP contribution in [0, 0.1) is 0 Å². The third-order valence-corrected chi connectivity index (χ3v) is 4.33. The summed E-state index contributed by atoms with van der Waals surface area (Å²) in [4.78, 5) is 6.92. The first-order chi connectivity index (χ1) is 10.7. The standard InChI is InChI=1S/C15H23N7/c1-3-11-12(4-2)18-21-15(17-11)22-7-5-10(6-8-22)13-9-14(16)20-19-13/h9-10H,3-8H2,1-2H3,(H3,16,19,20). The van der Waals surface area contributed by atoms with E-state index in [-0.39, 0.29) is 0 Å². The lowest BCUT2D eigenvalue weighted by Crippen LogP contribution is -2.34. The number of nitrogen functional groups attached to an aromatic ring is 1. The van der Waals surface area contributed by atoms with Crippen LogP contribution in [-0.2, 0) is 12.8 Å². The summed E-state index contributed by atoms with van der Waals surface area (Å²) in [7, 11) is 0. The zero-order chi connectivity index (χ0) is 15.5. The van der Waals surface area contributed by atoms with Crippen molar-refractivity contribution in [2.75, 3.05) is 23.7 Å². The van der Waals surface area contributed by atoms with Gasteiger partial charge in [0, 0.05) is 30.8 Å². The van der Waals surface area contributed by atoms with Crippen LogP contribution in [0.15, 0.2) is 6.07 Å². The summed E-state index contributed by atoms with van der Waals surface area (Å²) in [5.41, 5.74) is 8.89. The molecule has 2 aromatic rings. The third-order valence-electron chi connectivity index (χ3n) is 4.33. The number of nitrogens with two attached hydrogens (primary N) is 1. The van der Waals surface area contributed by atoms with Crippen molar-refractivity contribution in [2.24, 2.45) is 0 Å². The second-order valence-corrected chi connectivity index (χ2v) is 5.72. The van der Waals surface area contributed by atoms with Crippen molar-refractivity contribution in [1.82, 2.24) is 25.4 Å². The SMILES string of the molecule is CCc1nnc(N2CCC(c3cc(N)n[nH]3)CC2)nc1CC. The van der Waals surface area contributed by atoms with Gasteiger partial charge in [-0.15, -0.1) is 5.10 Å². The van der Waals surface area contributed by atoms with Crippen LogP contribution in [0.4, 0.5) is 11.8 Å². The molecule has 118 valence electrons. The van der Waals surface area contributed by atoms with Crippen LogP contribution in [0.5, 0.6) is 0 Å². The number of nitrogens with one attached hydrogen (secondary N) is 1. The molecule has 3 heterocycles. The molecule has 0 bridgehead atoms. The average Bonchev–Trinajstić information content (AvgIpc) is 3.01. The molecule has 0 amide bonds. The lowest BCUT2D eigenvalue weighted by Gasteiger charge is -2.31. The van der Waals surface area contributed by atoms with Crippen molar-refractivity contribution in [3.05, 3.63) is 23.1 Å². The van der Waals surface area contributed by atoms with Crippen molar-refractivity contribution in [2.45, 2.75) is 45.4 Å². The molecule has 1 aliphatic heterocycles. The Balaban J connectivity index is 1.68. The molecular weight excluding hydrogens is 278 g/mol. The van der Waals surface area contributed by atoms with Crippen molar-refractivity contribution in [1.29, 1.82) is 0 Å². The quantitative estimate of drug-likeness (QED) is 0.892. The van der Waals surface area contributed by atoms with E-state index in [1.807, 2.05) is 6.07 Å². The fraction of sp³-hybridized carbons (Fsp3) is 0.600. The van der Waals surface area contributed by atoms with Gasteiger partial charge in [0.15, 0.2) is 0 Å². The highest BCUT2D eigenvalue weighted by atomic mass is 15.3. The number of aromatic amines is 1. The third kappa shape index (κ3) is 2.88. The van der Waals surface area contributed by atoms with E-state index in [9.17, 15) is 0 Å². The molecule has 0 unspecified atom stereocenters. The molecule has 1 saturated heterocycles. The van der Waals surface area contributed by atoms with E-state index in [4.69, 9.17) is 10.7 Å². The predicted molar refractivity (Wildman–Crippen MR) is 85.8 cm³/mol. The number of H-pyrrole nitrogens is 1. The molecule has 3 rings (SSSR count). The summed E-state index contributed by atoms with van der Waals surface area (Å²) in [5.74, 6) is 1.80. The topological polar surface area (TPSA) is 96.6 Å². The Morgan fingerprint density at radius 1 is 1.18 bits per heavy atom. The first-order valence-electron chi connectivity index (χ1n) is 7.99. The fourth-order valence-corrected chi connectivity index (χ4v) is 3.01. The minimum Gasteiger partial charge on any atom is -0.382 e. The van der Waals surface area contributed by atoms with Crippen molar-refractivity contribution in [3.8, 4) is 0 Å². The van der Waals surface area contributed by atoms with E-state index >= 15 is 0 Å². The molecule has 1 aliphatic rings. The lowest BCUT2D eigenvalue weighted by molar-refractivity contribution is 0.487. The molecule has 0 spiro atoms. The van der Waals surface area contributed by atoms with Crippen molar-refractivity contribution >= 4 is 11.8 Å². The molecule has 0 aliphatic carbocycles. The molecule has 0 aromatic carbocycles. The van der Waals surface area contributed by atoms with Crippen LogP contribution >= 0.6 is 0 Å². The van der Waals surface area contributed by atoms with Gasteiger partial charge in [-0.3, -0.25) is 5.10 Å². The first-order valence-corrected chi connectivity index (χ1v) is 7.99. The van der Waals surface area contributed by atoms with Gasteiger partial charge in [-0.25, -0.2) is 4.98 Å². The predicted octanol–water partition coefficient (Wildman–Crippen LogP) is 1.69. The first kappa shape index (κ1) is 14.7. The second kappa shape index (κ2) is 6.29. The Morgan fingerprint density at radius 2 is 1.91 bits per heavy atom. The summed E-state index contributed by atoms with van der Waals surface area (Å²) in [6.07, 6.45) is 3.87. The number of piperidine rings is 1. The molecule has 3 N–H and O–H groups in total. The number of nitrogens with zero attached hydrogens (tertiary/aromatic N) is 5. The van der Waals surface area contributed by atoms with Gasteiger partial charge in [0.2, 0.25) is 5.95 Å². The number of anilines is 2. The molecule has 0 atom stereocenters. The Morgan fingerprint density at radius 3 is 2.50 bits per heavy atom. The van der Waals surface area contributed by atoms with Crippen LogP contribution in [0.1, 0.15) is 49.7 Å². The number of rotatable bonds is 4. The minimum absolute atomic E-state index is 0.481. The van der Waals surface area contributed by atoms with E-state index in [0.717, 1.165) is 61.8 Å². The van der Waals surface area contributed by atoms with Crippen molar-refractivity contribution in [3.63, 3.8) is 0 Å². The summed E-state index contributed by atoms with van der Waals surface area (Å²) >= 11 is 0. The van der Waals surface area contributed by atoms with Gasteiger partial charge in [0.1, 0.15) is 5.82 Å². The number of aromatic nitrogens is 5. The Kier molecular flexibility index (Phi) is 4.22. The summed E-state index contributed by atoms with van der Waals surface area (Å²) < 4.78 is 0. The van der Waals surface area contributed by atoms with Gasteiger partial charge in [-0.1, -0.05) is 13.8 Å². The second-order valence-electron chi connectivity index (χ2n) is 5.72. The van der Waals surface area contributed by atoms with Gasteiger partial charge in [0.05, 0.1) is 11.4 Å². The molecule has 7 heteroatoms. The maximum Gasteiger partial charge on any atom is 0.245 e. The Labute approximate surface area is 130 Å². The van der Waals surface area contributed by atoms with Crippen LogP contribution < -0.4 is 10.6 Å². The van der Waals surface area contributed by atoms with Crippen LogP contribution in [-0.4, -0.2) is 38.5 Å². The highest BCUT2D eigenvalue weighted by Crippen LogP contribution is 2.28. The number of aryl methyl sites for hydroxylation is 2. The van der Waals surface area contributed by atoms with Gasteiger partial charge in [-0.05, 0) is 25.7 Å².